The molecule has 4 bridgehead atoms. The molecule has 0 spiro atoms. The Hall–Kier alpha value is -3.24. The van der Waals surface area contributed by atoms with Crippen LogP contribution in [0.15, 0.2) is 41.2 Å². The second-order valence-electron chi connectivity index (χ2n) is 13.5. The molecule has 7 fully saturated rings. The van der Waals surface area contributed by atoms with Crippen LogP contribution < -0.4 is 5.32 Å². The van der Waals surface area contributed by atoms with Crippen LogP contribution in [-0.4, -0.2) is 38.6 Å². The molecule has 7 aliphatic rings. The van der Waals surface area contributed by atoms with Crippen molar-refractivity contribution >= 4 is 5.91 Å². The quantitative estimate of drug-likeness (QED) is 0.328. The normalized spacial score (nSPS) is 35.3. The third-order valence-corrected chi connectivity index (χ3v) is 11.4. The van der Waals surface area contributed by atoms with E-state index in [0.29, 0.717) is 31.6 Å². The summed E-state index contributed by atoms with van der Waals surface area (Å²) >= 11 is 0. The maximum Gasteiger partial charge on any atom is 0.403 e. The number of nitrogens with one attached hydrogen (secondary N) is 2. The van der Waals surface area contributed by atoms with Gasteiger partial charge in [0, 0.05) is 28.0 Å². The van der Waals surface area contributed by atoms with Crippen LogP contribution in [0.5, 0.6) is 0 Å². The Kier molecular flexibility index (Phi) is 5.09. The minimum Gasteiger partial charge on any atom is -0.348 e. The summed E-state index contributed by atoms with van der Waals surface area (Å²) in [6.07, 6.45) is 2.36. The van der Waals surface area contributed by atoms with Gasteiger partial charge in [0.2, 0.25) is 11.8 Å². The highest BCUT2D eigenvalue weighted by molar-refractivity contribution is 5.86. The number of rotatable bonds is 7. The fraction of sp³-hybridized carbons (Fsp3) is 0.600. The van der Waals surface area contributed by atoms with Gasteiger partial charge < -0.3 is 9.84 Å². The molecular weight excluding hydrogens is 538 g/mol. The van der Waals surface area contributed by atoms with Gasteiger partial charge in [0.15, 0.2) is 5.82 Å². The minimum atomic E-state index is -4.46. The van der Waals surface area contributed by atoms with Gasteiger partial charge in [-0.1, -0.05) is 23.4 Å². The van der Waals surface area contributed by atoms with Gasteiger partial charge in [0.1, 0.15) is 11.6 Å². The number of aromatic nitrogens is 4. The van der Waals surface area contributed by atoms with Gasteiger partial charge >= 0.3 is 6.18 Å². The van der Waals surface area contributed by atoms with Crippen LogP contribution in [0.2, 0.25) is 0 Å². The van der Waals surface area contributed by atoms with Crippen molar-refractivity contribution < 1.29 is 26.9 Å². The van der Waals surface area contributed by atoms with Gasteiger partial charge in [0.05, 0.1) is 12.2 Å². The van der Waals surface area contributed by atoms with Gasteiger partial charge in [-0.3, -0.25) is 9.89 Å². The first-order valence-electron chi connectivity index (χ1n) is 14.5. The predicted octanol–water partition coefficient (Wildman–Crippen LogP) is 6.25. The van der Waals surface area contributed by atoms with E-state index in [0.717, 1.165) is 36.0 Å². The van der Waals surface area contributed by atoms with E-state index >= 15 is 4.39 Å². The molecule has 10 rings (SSSR count). The molecule has 1 amide bonds. The summed E-state index contributed by atoms with van der Waals surface area (Å²) in [6.45, 7) is 0. The van der Waals surface area contributed by atoms with Crippen molar-refractivity contribution in [1.82, 2.24) is 25.7 Å². The number of H-pyrrole nitrogens is 1. The molecule has 2 unspecified atom stereocenters. The zero-order valence-electron chi connectivity index (χ0n) is 22.4. The second kappa shape index (κ2) is 8.19. The number of hydrogen-bond donors (Lipinski definition) is 2. The van der Waals surface area contributed by atoms with Gasteiger partial charge in [-0.05, 0) is 87.3 Å². The molecule has 3 aromatic rings. The molecule has 7 nitrogen and oxygen atoms in total. The Morgan fingerprint density at radius 2 is 1.80 bits per heavy atom. The molecule has 0 aliphatic heterocycles. The summed E-state index contributed by atoms with van der Waals surface area (Å²) in [4.78, 5) is 17.9. The monoisotopic (exact) mass is 569 g/mol. The molecule has 0 radical (unpaired) electrons. The third kappa shape index (κ3) is 3.49. The van der Waals surface area contributed by atoms with Crippen molar-refractivity contribution in [2.75, 3.05) is 0 Å². The molecule has 11 heteroatoms. The summed E-state index contributed by atoms with van der Waals surface area (Å²) in [5.41, 5.74) is -1.32. The summed E-state index contributed by atoms with van der Waals surface area (Å²) < 4.78 is 62.9. The smallest absolute Gasteiger partial charge is 0.348 e. The fourth-order valence-electron chi connectivity index (χ4n) is 8.33. The molecule has 41 heavy (non-hydrogen) atoms. The van der Waals surface area contributed by atoms with Crippen LogP contribution in [0.3, 0.4) is 0 Å². The largest absolute Gasteiger partial charge is 0.403 e. The SMILES string of the molecule is O=C(NC(c1cccc(-c2cn[nH]c2)c1)C12CCC(c3noc(C4(C(F)(F)F)CC4)n3)(CC1)CC2F)C12CC(C1)C2. The topological polar surface area (TPSA) is 96.7 Å². The van der Waals surface area contributed by atoms with Crippen molar-refractivity contribution in [3.63, 3.8) is 0 Å². The van der Waals surface area contributed by atoms with Crippen LogP contribution in [0.25, 0.3) is 11.1 Å². The van der Waals surface area contributed by atoms with E-state index in [1.807, 2.05) is 24.3 Å². The molecule has 7 saturated carbocycles. The van der Waals surface area contributed by atoms with Crippen LogP contribution in [0.1, 0.15) is 87.5 Å². The lowest BCUT2D eigenvalue weighted by Crippen LogP contribution is -2.63. The van der Waals surface area contributed by atoms with E-state index in [4.69, 9.17) is 4.52 Å². The Bertz CT molecular complexity index is 1490. The van der Waals surface area contributed by atoms with Gasteiger partial charge in [-0.2, -0.15) is 23.3 Å². The molecule has 2 atom stereocenters. The van der Waals surface area contributed by atoms with Crippen LogP contribution in [-0.2, 0) is 15.6 Å². The average Bonchev–Trinajstić information content (AvgIpc) is 3.30. The lowest BCUT2D eigenvalue weighted by atomic mass is 9.44. The third-order valence-electron chi connectivity index (χ3n) is 11.4. The first-order chi connectivity index (χ1) is 19.6. The molecule has 2 aromatic heterocycles. The maximum absolute atomic E-state index is 16.6. The summed E-state index contributed by atoms with van der Waals surface area (Å²) in [5.74, 6) is 0.433. The van der Waals surface area contributed by atoms with E-state index in [-0.39, 0.29) is 36.4 Å². The van der Waals surface area contributed by atoms with Crippen LogP contribution >= 0.6 is 0 Å². The van der Waals surface area contributed by atoms with E-state index in [1.165, 1.54) is 0 Å². The molecular formula is C30H31F4N5O2. The highest BCUT2D eigenvalue weighted by Crippen LogP contribution is 2.66. The molecule has 2 N–H and O–H groups in total. The second-order valence-corrected chi connectivity index (χ2v) is 13.5. The van der Waals surface area contributed by atoms with Gasteiger partial charge in [-0.15, -0.1) is 0 Å². The van der Waals surface area contributed by atoms with E-state index < -0.39 is 40.5 Å². The Morgan fingerprint density at radius 3 is 2.39 bits per heavy atom. The number of carbonyl (C=O) groups is 1. The number of benzene rings is 1. The van der Waals surface area contributed by atoms with Gasteiger partial charge in [0.25, 0.3) is 0 Å². The molecule has 2 heterocycles. The first-order valence-corrected chi connectivity index (χ1v) is 14.5. The lowest BCUT2D eigenvalue weighted by molar-refractivity contribution is -0.169. The average molecular weight is 570 g/mol. The number of fused-ring (bicyclic) bond motifs is 3. The lowest BCUT2D eigenvalue weighted by Gasteiger charge is -2.61. The highest BCUT2D eigenvalue weighted by Gasteiger charge is 2.69. The van der Waals surface area contributed by atoms with Crippen molar-refractivity contribution in [1.29, 1.82) is 0 Å². The standard InChI is InChI=1S/C30H31F4N5O2/c31-21-14-26(23-38-25(41-39-23)29(8-9-29)30(32,33)34)4-6-28(21,7-5-26)22(37-24(40)27-11-17(12-27)13-27)19-3-1-2-18(10-19)20-15-35-36-16-20/h1-3,10,15-17,21-22H,4-9,11-14H2,(H,35,36)(H,37,40). The molecule has 216 valence electrons. The minimum absolute atomic E-state index is 0.00684. The van der Waals surface area contributed by atoms with E-state index in [1.54, 1.807) is 12.4 Å². The molecule has 0 saturated heterocycles. The zero-order valence-corrected chi connectivity index (χ0v) is 22.4. The fourth-order valence-corrected chi connectivity index (χ4v) is 8.33. The number of nitrogens with zero attached hydrogens (tertiary/aromatic N) is 3. The van der Waals surface area contributed by atoms with Crippen molar-refractivity contribution in [2.45, 2.75) is 93.4 Å². The van der Waals surface area contributed by atoms with Crippen molar-refractivity contribution in [3.05, 3.63) is 53.9 Å². The van der Waals surface area contributed by atoms with E-state index in [9.17, 15) is 18.0 Å². The Balaban J connectivity index is 1.11. The number of alkyl halides is 4. The number of aromatic amines is 1. The number of halogens is 4. The summed E-state index contributed by atoms with van der Waals surface area (Å²) in [7, 11) is 0. The predicted molar refractivity (Wildman–Crippen MR) is 138 cm³/mol. The zero-order chi connectivity index (χ0) is 28.3. The van der Waals surface area contributed by atoms with Crippen LogP contribution in [0.4, 0.5) is 17.6 Å². The van der Waals surface area contributed by atoms with Crippen molar-refractivity contribution in [3.8, 4) is 11.1 Å². The molecule has 7 aliphatic carbocycles. The summed E-state index contributed by atoms with van der Waals surface area (Å²) in [6, 6.07) is 7.31. The highest BCUT2D eigenvalue weighted by atomic mass is 19.4. The van der Waals surface area contributed by atoms with Crippen LogP contribution in [0, 0.1) is 16.7 Å². The van der Waals surface area contributed by atoms with Gasteiger partial charge in [-0.25, -0.2) is 4.39 Å². The first kappa shape index (κ1) is 25.5. The number of amides is 1. The molecule has 1 aromatic carbocycles. The Labute approximate surface area is 233 Å². The van der Waals surface area contributed by atoms with E-state index in [2.05, 4.69) is 25.7 Å². The Morgan fingerprint density at radius 1 is 1.05 bits per heavy atom. The maximum atomic E-state index is 16.6. The number of carbonyl (C=O) groups excluding carboxylic acids is 1. The van der Waals surface area contributed by atoms with Crippen molar-refractivity contribution in [2.24, 2.45) is 16.7 Å². The summed E-state index contributed by atoms with van der Waals surface area (Å²) in [5, 5.41) is 14.2. The number of hydrogen-bond acceptors (Lipinski definition) is 5.